The third-order valence-electron chi connectivity index (χ3n) is 5.29. The lowest BCUT2D eigenvalue weighted by molar-refractivity contribution is 0.643. The molecule has 1 aromatic carbocycles. The van der Waals surface area contributed by atoms with Crippen LogP contribution in [-0.4, -0.2) is 28.8 Å². The highest BCUT2D eigenvalue weighted by atomic mass is 127. The molecule has 3 rings (SSSR count). The summed E-state index contributed by atoms with van der Waals surface area (Å²) in [5.74, 6) is 0.869. The molecule has 0 unspecified atom stereocenters. The molecule has 0 atom stereocenters. The zero-order valence-electron chi connectivity index (χ0n) is 16.5. The van der Waals surface area contributed by atoms with E-state index in [1.165, 1.54) is 34.1 Å². The number of aromatic nitrogens is 2. The SMILES string of the molecule is CCNC(=NCc1c(C)nn(C)c1C)NCC1(c2ccccc2Br)CC1.I. The molecule has 1 aliphatic rings. The average molecular weight is 546 g/mol. The molecule has 0 amide bonds. The maximum Gasteiger partial charge on any atom is 0.191 e. The molecule has 1 aliphatic carbocycles. The molecule has 2 aromatic rings. The summed E-state index contributed by atoms with van der Waals surface area (Å²) >= 11 is 3.71. The molecule has 27 heavy (non-hydrogen) atoms. The van der Waals surface area contributed by atoms with E-state index in [2.05, 4.69) is 69.8 Å². The molecule has 148 valence electrons. The number of guanidine groups is 1. The molecule has 1 saturated carbocycles. The Labute approximate surface area is 187 Å². The van der Waals surface area contributed by atoms with Crippen LogP contribution >= 0.6 is 39.9 Å². The van der Waals surface area contributed by atoms with Gasteiger partial charge in [0.25, 0.3) is 0 Å². The number of rotatable bonds is 6. The van der Waals surface area contributed by atoms with Crippen LogP contribution in [0.4, 0.5) is 0 Å². The van der Waals surface area contributed by atoms with E-state index in [0.717, 1.165) is 24.7 Å². The average Bonchev–Trinajstić information content (AvgIpc) is 3.35. The summed E-state index contributed by atoms with van der Waals surface area (Å²) in [4.78, 5) is 4.80. The van der Waals surface area contributed by atoms with Gasteiger partial charge in [-0.1, -0.05) is 34.1 Å². The summed E-state index contributed by atoms with van der Waals surface area (Å²) in [6.45, 7) is 8.62. The van der Waals surface area contributed by atoms with Crippen LogP contribution in [0.2, 0.25) is 0 Å². The minimum absolute atomic E-state index is 0. The number of benzene rings is 1. The second kappa shape index (κ2) is 9.41. The molecule has 0 spiro atoms. The van der Waals surface area contributed by atoms with E-state index < -0.39 is 0 Å². The van der Waals surface area contributed by atoms with E-state index in [0.29, 0.717) is 6.54 Å². The van der Waals surface area contributed by atoms with Crippen molar-refractivity contribution < 1.29 is 0 Å². The van der Waals surface area contributed by atoms with Gasteiger partial charge in [-0.05, 0) is 45.2 Å². The summed E-state index contributed by atoms with van der Waals surface area (Å²) in [6, 6.07) is 8.54. The van der Waals surface area contributed by atoms with Crippen molar-refractivity contribution in [1.82, 2.24) is 20.4 Å². The number of aliphatic imine (C=N–C) groups is 1. The van der Waals surface area contributed by atoms with Crippen molar-refractivity contribution in [2.75, 3.05) is 13.1 Å². The van der Waals surface area contributed by atoms with Gasteiger partial charge in [0.05, 0.1) is 12.2 Å². The summed E-state index contributed by atoms with van der Waals surface area (Å²) < 4.78 is 3.12. The van der Waals surface area contributed by atoms with Gasteiger partial charge in [0.1, 0.15) is 0 Å². The van der Waals surface area contributed by atoms with Gasteiger partial charge in [0.15, 0.2) is 5.96 Å². The highest BCUT2D eigenvalue weighted by molar-refractivity contribution is 14.0. The highest BCUT2D eigenvalue weighted by Crippen LogP contribution is 2.49. The van der Waals surface area contributed by atoms with E-state index in [1.54, 1.807) is 0 Å². The number of nitrogens with zero attached hydrogens (tertiary/aromatic N) is 3. The van der Waals surface area contributed by atoms with E-state index in [9.17, 15) is 0 Å². The van der Waals surface area contributed by atoms with Crippen LogP contribution < -0.4 is 10.6 Å². The standard InChI is InChI=1S/C20H28BrN5.HI/c1-5-22-19(23-12-16-14(2)25-26(4)15(16)3)24-13-20(10-11-20)17-8-6-7-9-18(17)21;/h6-9H,5,10-13H2,1-4H3,(H2,22,23,24);1H. The monoisotopic (exact) mass is 545 g/mol. The molecule has 0 radical (unpaired) electrons. The Morgan fingerprint density at radius 1 is 1.26 bits per heavy atom. The summed E-state index contributed by atoms with van der Waals surface area (Å²) in [6.07, 6.45) is 2.42. The molecule has 0 bridgehead atoms. The molecular formula is C20H29BrIN5. The lowest BCUT2D eigenvalue weighted by Gasteiger charge is -2.20. The third kappa shape index (κ3) is 5.04. The molecule has 2 N–H and O–H groups in total. The number of halogens is 2. The highest BCUT2D eigenvalue weighted by Gasteiger charge is 2.45. The van der Waals surface area contributed by atoms with Crippen LogP contribution in [0.5, 0.6) is 0 Å². The Balaban J connectivity index is 0.00000261. The first kappa shape index (κ1) is 22.2. The number of aryl methyl sites for hydroxylation is 2. The van der Waals surface area contributed by atoms with Crippen LogP contribution in [0.25, 0.3) is 0 Å². The minimum Gasteiger partial charge on any atom is -0.357 e. The first-order valence-corrected chi connectivity index (χ1v) is 10.0. The fraction of sp³-hybridized carbons (Fsp3) is 0.500. The van der Waals surface area contributed by atoms with Crippen molar-refractivity contribution in [1.29, 1.82) is 0 Å². The van der Waals surface area contributed by atoms with Gasteiger partial charge < -0.3 is 10.6 Å². The van der Waals surface area contributed by atoms with Crippen molar-refractivity contribution in [3.63, 3.8) is 0 Å². The molecule has 5 nitrogen and oxygen atoms in total. The van der Waals surface area contributed by atoms with Crippen LogP contribution in [0.15, 0.2) is 33.7 Å². The zero-order chi connectivity index (χ0) is 18.7. The Morgan fingerprint density at radius 2 is 1.96 bits per heavy atom. The van der Waals surface area contributed by atoms with Crippen molar-refractivity contribution in [2.24, 2.45) is 12.0 Å². The smallest absolute Gasteiger partial charge is 0.191 e. The fourth-order valence-corrected chi connectivity index (χ4v) is 4.09. The maximum absolute atomic E-state index is 4.80. The predicted octanol–water partition coefficient (Wildman–Crippen LogP) is 4.20. The summed E-state index contributed by atoms with van der Waals surface area (Å²) in [7, 11) is 1.98. The Hall–Kier alpha value is -1.09. The maximum atomic E-state index is 4.80. The van der Waals surface area contributed by atoms with Gasteiger partial charge in [0, 0.05) is 41.3 Å². The Morgan fingerprint density at radius 3 is 2.52 bits per heavy atom. The largest absolute Gasteiger partial charge is 0.357 e. The van der Waals surface area contributed by atoms with Crippen LogP contribution in [0, 0.1) is 13.8 Å². The number of nitrogens with one attached hydrogen (secondary N) is 2. The van der Waals surface area contributed by atoms with Crippen molar-refractivity contribution >= 4 is 45.9 Å². The van der Waals surface area contributed by atoms with Gasteiger partial charge >= 0.3 is 0 Å². The van der Waals surface area contributed by atoms with Crippen molar-refractivity contribution in [2.45, 2.75) is 45.6 Å². The molecular weight excluding hydrogens is 517 g/mol. The lowest BCUT2D eigenvalue weighted by atomic mass is 9.96. The van der Waals surface area contributed by atoms with Gasteiger partial charge in [-0.25, -0.2) is 4.99 Å². The van der Waals surface area contributed by atoms with Gasteiger partial charge in [-0.2, -0.15) is 5.10 Å². The lowest BCUT2D eigenvalue weighted by Crippen LogP contribution is -2.41. The topological polar surface area (TPSA) is 54.2 Å². The summed E-state index contributed by atoms with van der Waals surface area (Å²) in [5.41, 5.74) is 5.04. The molecule has 1 fully saturated rings. The van der Waals surface area contributed by atoms with Crippen LogP contribution in [0.1, 0.15) is 42.3 Å². The quantitative estimate of drug-likeness (QED) is 0.325. The first-order chi connectivity index (χ1) is 12.5. The first-order valence-electron chi connectivity index (χ1n) is 9.23. The molecule has 0 saturated heterocycles. The number of hydrogen-bond donors (Lipinski definition) is 2. The van der Waals surface area contributed by atoms with E-state index in [-0.39, 0.29) is 29.4 Å². The normalized spacial score (nSPS) is 15.2. The van der Waals surface area contributed by atoms with Gasteiger partial charge in [0.2, 0.25) is 0 Å². The second-order valence-electron chi connectivity index (χ2n) is 7.08. The molecule has 1 aromatic heterocycles. The fourth-order valence-electron chi connectivity index (χ4n) is 3.38. The van der Waals surface area contributed by atoms with E-state index >= 15 is 0 Å². The second-order valence-corrected chi connectivity index (χ2v) is 7.94. The molecule has 1 heterocycles. The van der Waals surface area contributed by atoms with Crippen molar-refractivity contribution in [3.8, 4) is 0 Å². The van der Waals surface area contributed by atoms with E-state index in [4.69, 9.17) is 4.99 Å². The van der Waals surface area contributed by atoms with E-state index in [1.807, 2.05) is 18.7 Å². The third-order valence-corrected chi connectivity index (χ3v) is 5.98. The van der Waals surface area contributed by atoms with Crippen LogP contribution in [0.3, 0.4) is 0 Å². The molecule has 0 aliphatic heterocycles. The summed E-state index contributed by atoms with van der Waals surface area (Å²) in [5, 5.41) is 11.4. The number of hydrogen-bond acceptors (Lipinski definition) is 2. The Kier molecular flexibility index (Phi) is 7.73. The predicted molar refractivity (Wildman–Crippen MR) is 126 cm³/mol. The Bertz CT molecular complexity index is 811. The zero-order valence-corrected chi connectivity index (χ0v) is 20.4. The van der Waals surface area contributed by atoms with Crippen molar-refractivity contribution in [3.05, 3.63) is 51.3 Å². The van der Waals surface area contributed by atoms with Crippen LogP contribution in [-0.2, 0) is 19.0 Å². The minimum atomic E-state index is 0. The van der Waals surface area contributed by atoms with Gasteiger partial charge in [-0.3, -0.25) is 4.68 Å². The van der Waals surface area contributed by atoms with Gasteiger partial charge in [-0.15, -0.1) is 24.0 Å². The molecule has 7 heteroatoms.